The summed E-state index contributed by atoms with van der Waals surface area (Å²) in [5.74, 6) is 0.250. The Kier molecular flexibility index (Phi) is 4.42. The molecule has 0 spiro atoms. The van der Waals surface area contributed by atoms with Crippen molar-refractivity contribution in [3.63, 3.8) is 0 Å². The molecule has 0 aliphatic heterocycles. The van der Waals surface area contributed by atoms with E-state index >= 15 is 0 Å². The number of benzene rings is 2. The summed E-state index contributed by atoms with van der Waals surface area (Å²) in [4.78, 5) is 0. The Hall–Kier alpha value is -1.75. The second-order valence-corrected chi connectivity index (χ2v) is 5.35. The van der Waals surface area contributed by atoms with Crippen molar-refractivity contribution < 1.29 is 23.0 Å². The van der Waals surface area contributed by atoms with Crippen LogP contribution < -0.4 is 4.74 Å². The SMILES string of the molecule is CC(C)COc1ccc2ccccc2c1C(O)C(F)(F)F. The van der Waals surface area contributed by atoms with Crippen LogP contribution in [-0.4, -0.2) is 17.9 Å². The Labute approximate surface area is 121 Å². The number of aliphatic hydroxyl groups is 1. The lowest BCUT2D eigenvalue weighted by molar-refractivity contribution is -0.206. The van der Waals surface area contributed by atoms with Crippen molar-refractivity contribution in [2.75, 3.05) is 6.61 Å². The highest BCUT2D eigenvalue weighted by Crippen LogP contribution is 2.41. The lowest BCUT2D eigenvalue weighted by Gasteiger charge is -2.21. The topological polar surface area (TPSA) is 29.5 Å². The molecule has 0 amide bonds. The van der Waals surface area contributed by atoms with Gasteiger partial charge in [0.2, 0.25) is 0 Å². The van der Waals surface area contributed by atoms with Gasteiger partial charge in [-0.25, -0.2) is 0 Å². The standard InChI is InChI=1S/C16H17F3O2/c1-10(2)9-21-13-8-7-11-5-3-4-6-12(11)14(13)15(20)16(17,18)19/h3-8,10,15,20H,9H2,1-2H3. The molecule has 2 aromatic carbocycles. The van der Waals surface area contributed by atoms with E-state index in [0.717, 1.165) is 0 Å². The van der Waals surface area contributed by atoms with Crippen LogP contribution in [0, 0.1) is 5.92 Å². The quantitative estimate of drug-likeness (QED) is 0.902. The molecule has 1 atom stereocenters. The van der Waals surface area contributed by atoms with Crippen LogP contribution in [0.1, 0.15) is 25.5 Å². The predicted molar refractivity (Wildman–Crippen MR) is 75.3 cm³/mol. The molecule has 2 nitrogen and oxygen atoms in total. The number of hydrogen-bond acceptors (Lipinski definition) is 2. The van der Waals surface area contributed by atoms with Crippen LogP contribution in [0.2, 0.25) is 0 Å². The van der Waals surface area contributed by atoms with Crippen LogP contribution >= 0.6 is 0 Å². The summed E-state index contributed by atoms with van der Waals surface area (Å²) >= 11 is 0. The van der Waals surface area contributed by atoms with Crippen molar-refractivity contribution in [2.24, 2.45) is 5.92 Å². The van der Waals surface area contributed by atoms with Gasteiger partial charge in [-0.2, -0.15) is 13.2 Å². The molecule has 0 aliphatic carbocycles. The van der Waals surface area contributed by atoms with Gasteiger partial charge in [0.05, 0.1) is 6.61 Å². The molecule has 0 heterocycles. The fourth-order valence-corrected chi connectivity index (χ4v) is 2.10. The average molecular weight is 298 g/mol. The van der Waals surface area contributed by atoms with Crippen molar-refractivity contribution in [3.8, 4) is 5.75 Å². The Morgan fingerprint density at radius 2 is 1.76 bits per heavy atom. The average Bonchev–Trinajstić information content (AvgIpc) is 2.42. The van der Waals surface area contributed by atoms with E-state index < -0.39 is 12.3 Å². The number of hydrogen-bond donors (Lipinski definition) is 1. The van der Waals surface area contributed by atoms with E-state index in [9.17, 15) is 18.3 Å². The van der Waals surface area contributed by atoms with Crippen molar-refractivity contribution in [1.29, 1.82) is 0 Å². The van der Waals surface area contributed by atoms with Gasteiger partial charge in [-0.15, -0.1) is 0 Å². The molecule has 114 valence electrons. The third-order valence-electron chi connectivity index (χ3n) is 3.09. The van der Waals surface area contributed by atoms with Crippen LogP contribution in [0.4, 0.5) is 13.2 Å². The van der Waals surface area contributed by atoms with E-state index in [1.165, 1.54) is 6.07 Å². The molecular formula is C16H17F3O2. The minimum Gasteiger partial charge on any atom is -0.493 e. The molecule has 0 aromatic heterocycles. The number of alkyl halides is 3. The smallest absolute Gasteiger partial charge is 0.418 e. The summed E-state index contributed by atoms with van der Waals surface area (Å²) in [6.45, 7) is 4.09. The molecule has 0 radical (unpaired) electrons. The van der Waals surface area contributed by atoms with Gasteiger partial charge in [0, 0.05) is 5.56 Å². The maximum Gasteiger partial charge on any atom is 0.418 e. The summed E-state index contributed by atoms with van der Waals surface area (Å²) < 4.78 is 44.3. The predicted octanol–water partition coefficient (Wildman–Crippen LogP) is 4.47. The van der Waals surface area contributed by atoms with E-state index in [1.54, 1.807) is 30.3 Å². The number of rotatable bonds is 4. The number of aliphatic hydroxyl groups excluding tert-OH is 1. The van der Waals surface area contributed by atoms with Gasteiger partial charge in [0.1, 0.15) is 5.75 Å². The van der Waals surface area contributed by atoms with E-state index in [4.69, 9.17) is 4.74 Å². The second-order valence-electron chi connectivity index (χ2n) is 5.35. The van der Waals surface area contributed by atoms with Crippen molar-refractivity contribution in [3.05, 3.63) is 42.0 Å². The molecule has 21 heavy (non-hydrogen) atoms. The first-order valence-corrected chi connectivity index (χ1v) is 6.70. The van der Waals surface area contributed by atoms with Gasteiger partial charge >= 0.3 is 6.18 Å². The number of fused-ring (bicyclic) bond motifs is 1. The lowest BCUT2D eigenvalue weighted by Crippen LogP contribution is -2.21. The summed E-state index contributed by atoms with van der Waals surface area (Å²) in [7, 11) is 0. The van der Waals surface area contributed by atoms with E-state index in [0.29, 0.717) is 10.8 Å². The number of halogens is 3. The molecule has 1 unspecified atom stereocenters. The first kappa shape index (κ1) is 15.6. The minimum absolute atomic E-state index is 0.0761. The molecule has 0 aliphatic rings. The zero-order valence-corrected chi connectivity index (χ0v) is 11.8. The zero-order valence-electron chi connectivity index (χ0n) is 11.8. The highest BCUT2D eigenvalue weighted by Gasteiger charge is 2.41. The van der Waals surface area contributed by atoms with E-state index in [2.05, 4.69) is 0 Å². The number of ether oxygens (including phenoxy) is 1. The largest absolute Gasteiger partial charge is 0.493 e. The second kappa shape index (κ2) is 5.93. The van der Waals surface area contributed by atoms with Crippen molar-refractivity contribution in [2.45, 2.75) is 26.1 Å². The molecule has 5 heteroatoms. The maximum absolute atomic E-state index is 12.9. The van der Waals surface area contributed by atoms with Crippen LogP contribution in [0.3, 0.4) is 0 Å². The summed E-state index contributed by atoms with van der Waals surface area (Å²) in [5.41, 5.74) is -0.221. The highest BCUT2D eigenvalue weighted by atomic mass is 19.4. The highest BCUT2D eigenvalue weighted by molar-refractivity contribution is 5.88. The Bertz CT molecular complexity index is 620. The van der Waals surface area contributed by atoms with Gasteiger partial charge in [-0.1, -0.05) is 44.2 Å². The molecule has 2 aromatic rings. The van der Waals surface area contributed by atoms with Gasteiger partial charge in [-0.3, -0.25) is 0 Å². The third-order valence-corrected chi connectivity index (χ3v) is 3.09. The normalized spacial score (nSPS) is 13.7. The molecule has 0 fully saturated rings. The van der Waals surface area contributed by atoms with Gasteiger partial charge in [0.25, 0.3) is 0 Å². The van der Waals surface area contributed by atoms with Gasteiger partial charge in [0.15, 0.2) is 6.10 Å². The zero-order chi connectivity index (χ0) is 15.6. The summed E-state index contributed by atoms with van der Waals surface area (Å²) in [6.07, 6.45) is -7.30. The minimum atomic E-state index is -4.74. The van der Waals surface area contributed by atoms with Crippen molar-refractivity contribution >= 4 is 10.8 Å². The van der Waals surface area contributed by atoms with Gasteiger partial charge < -0.3 is 9.84 Å². The van der Waals surface area contributed by atoms with Crippen LogP contribution in [0.5, 0.6) is 5.75 Å². The third kappa shape index (κ3) is 3.47. The fourth-order valence-electron chi connectivity index (χ4n) is 2.10. The first-order valence-electron chi connectivity index (χ1n) is 6.70. The molecule has 2 rings (SSSR count). The monoisotopic (exact) mass is 298 g/mol. The van der Waals surface area contributed by atoms with Gasteiger partial charge in [-0.05, 0) is 22.8 Å². The Morgan fingerprint density at radius 1 is 1.10 bits per heavy atom. The maximum atomic E-state index is 12.9. The molecule has 0 saturated carbocycles. The molecule has 0 bridgehead atoms. The fraction of sp³-hybridized carbons (Fsp3) is 0.375. The Balaban J connectivity index is 2.57. The van der Waals surface area contributed by atoms with Crippen molar-refractivity contribution in [1.82, 2.24) is 0 Å². The summed E-state index contributed by atoms with van der Waals surface area (Å²) in [5, 5.41) is 10.7. The van der Waals surface area contributed by atoms with E-state index in [1.807, 2.05) is 13.8 Å². The van der Waals surface area contributed by atoms with Crippen LogP contribution in [0.15, 0.2) is 36.4 Å². The Morgan fingerprint density at radius 3 is 2.38 bits per heavy atom. The lowest BCUT2D eigenvalue weighted by atomic mass is 9.99. The molecule has 0 saturated heterocycles. The first-order chi connectivity index (χ1) is 9.80. The van der Waals surface area contributed by atoms with Crippen LogP contribution in [-0.2, 0) is 0 Å². The molecular weight excluding hydrogens is 281 g/mol. The molecule has 1 N–H and O–H groups in total. The van der Waals surface area contributed by atoms with Crippen LogP contribution in [0.25, 0.3) is 10.8 Å². The van der Waals surface area contributed by atoms with E-state index in [-0.39, 0.29) is 23.8 Å². The summed E-state index contributed by atoms with van der Waals surface area (Å²) in [6, 6.07) is 9.81.